The molecule has 0 aliphatic carbocycles. The van der Waals surface area contributed by atoms with Gasteiger partial charge in [0.2, 0.25) is 0 Å². The second-order valence-corrected chi connectivity index (χ2v) is 5.56. The van der Waals surface area contributed by atoms with Crippen LogP contribution in [0, 0.1) is 0 Å². The predicted octanol–water partition coefficient (Wildman–Crippen LogP) is 2.06. The quantitative estimate of drug-likeness (QED) is 0.626. The molecule has 0 radical (unpaired) electrons. The second kappa shape index (κ2) is 4.88. The summed E-state index contributed by atoms with van der Waals surface area (Å²) in [6.45, 7) is 0. The number of aldehydes is 1. The Hall–Kier alpha value is -1.72. The number of carbonyl (C=O) groups excluding carboxylic acids is 1. The first-order chi connectivity index (χ1) is 8.49. The van der Waals surface area contributed by atoms with Crippen molar-refractivity contribution in [3.8, 4) is 0 Å². The highest BCUT2D eigenvalue weighted by Crippen LogP contribution is 2.22. The van der Waals surface area contributed by atoms with Crippen molar-refractivity contribution in [2.75, 3.05) is 6.26 Å². The second-order valence-electron chi connectivity index (χ2n) is 3.96. The minimum absolute atomic E-state index is 0.477. The van der Waals surface area contributed by atoms with Crippen molar-refractivity contribution in [3.63, 3.8) is 0 Å². The van der Waals surface area contributed by atoms with Gasteiger partial charge >= 0.3 is 0 Å². The molecule has 2 aromatic rings. The number of fused-ring (bicyclic) bond motifs is 1. The van der Waals surface area contributed by atoms with Crippen LogP contribution in [0.15, 0.2) is 42.5 Å². The van der Waals surface area contributed by atoms with Crippen LogP contribution in [0.1, 0.15) is 11.7 Å². The highest BCUT2D eigenvalue weighted by Gasteiger charge is 2.17. The van der Waals surface area contributed by atoms with Crippen molar-refractivity contribution in [3.05, 3.63) is 48.0 Å². The molecule has 0 saturated carbocycles. The molecule has 0 amide bonds. The van der Waals surface area contributed by atoms with E-state index >= 15 is 0 Å². The van der Waals surface area contributed by atoms with Crippen molar-refractivity contribution in [1.82, 2.24) is 0 Å². The molecule has 0 spiro atoms. The highest BCUT2D eigenvalue weighted by molar-refractivity contribution is 7.86. The summed E-state index contributed by atoms with van der Waals surface area (Å²) < 4.78 is 26.8. The number of hydrogen-bond acceptors (Lipinski definition) is 4. The van der Waals surface area contributed by atoms with Crippen molar-refractivity contribution in [2.24, 2.45) is 0 Å². The Morgan fingerprint density at radius 2 is 1.78 bits per heavy atom. The highest BCUT2D eigenvalue weighted by atomic mass is 32.2. The fraction of sp³-hybridized carbons (Fsp3) is 0.154. The summed E-state index contributed by atoms with van der Waals surface area (Å²) in [4.78, 5) is 10.9. The van der Waals surface area contributed by atoms with Gasteiger partial charge in [-0.25, -0.2) is 0 Å². The first kappa shape index (κ1) is 12.7. The van der Waals surface area contributed by atoms with Crippen LogP contribution in [0.25, 0.3) is 10.8 Å². The molecule has 0 N–H and O–H groups in total. The lowest BCUT2D eigenvalue weighted by atomic mass is 10.0. The van der Waals surface area contributed by atoms with Crippen molar-refractivity contribution >= 4 is 27.2 Å². The molecule has 1 atom stereocenters. The van der Waals surface area contributed by atoms with Crippen LogP contribution in [0.2, 0.25) is 0 Å². The molecule has 94 valence electrons. The predicted molar refractivity (Wildman–Crippen MR) is 68.7 cm³/mol. The molecule has 0 bridgehead atoms. The molecule has 2 aromatic carbocycles. The van der Waals surface area contributed by atoms with Gasteiger partial charge < -0.3 is 4.79 Å². The number of hydrogen-bond donors (Lipinski definition) is 0. The van der Waals surface area contributed by atoms with Crippen molar-refractivity contribution in [1.29, 1.82) is 0 Å². The number of carbonyl (C=O) groups is 1. The van der Waals surface area contributed by atoms with Crippen molar-refractivity contribution in [2.45, 2.75) is 6.10 Å². The van der Waals surface area contributed by atoms with E-state index < -0.39 is 16.2 Å². The fourth-order valence-electron chi connectivity index (χ4n) is 1.73. The summed E-state index contributed by atoms with van der Waals surface area (Å²) in [6, 6.07) is 12.9. The Kier molecular flexibility index (Phi) is 3.45. The largest absolute Gasteiger partial charge is 0.300 e. The number of benzene rings is 2. The topological polar surface area (TPSA) is 60.4 Å². The molecule has 0 fully saturated rings. The molecular formula is C13H12O4S. The molecule has 0 aliphatic rings. The molecule has 2 rings (SSSR count). The zero-order valence-electron chi connectivity index (χ0n) is 9.74. The Bertz CT molecular complexity index is 676. The zero-order valence-corrected chi connectivity index (χ0v) is 10.6. The van der Waals surface area contributed by atoms with Gasteiger partial charge in [0.15, 0.2) is 12.4 Å². The van der Waals surface area contributed by atoms with Crippen LogP contribution in [0.3, 0.4) is 0 Å². The van der Waals surface area contributed by atoms with Crippen LogP contribution in [-0.4, -0.2) is 21.0 Å². The molecule has 0 saturated heterocycles. The summed E-state index contributed by atoms with van der Waals surface area (Å²) in [7, 11) is -3.67. The lowest BCUT2D eigenvalue weighted by molar-refractivity contribution is -0.113. The molecule has 0 heterocycles. The van der Waals surface area contributed by atoms with Gasteiger partial charge in [0, 0.05) is 0 Å². The van der Waals surface area contributed by atoms with Gasteiger partial charge in [0.1, 0.15) is 0 Å². The maximum Gasteiger partial charge on any atom is 0.265 e. The molecule has 0 aliphatic heterocycles. The van der Waals surface area contributed by atoms with Gasteiger partial charge in [-0.1, -0.05) is 36.4 Å². The van der Waals surface area contributed by atoms with Gasteiger partial charge in [0.25, 0.3) is 10.1 Å². The standard InChI is InChI=1S/C13H12O4S/c1-18(15,16)17-13(9-14)12-7-6-10-4-2-3-5-11(10)8-12/h2-9,13H,1H3. The summed E-state index contributed by atoms with van der Waals surface area (Å²) in [5.74, 6) is 0. The van der Waals surface area contributed by atoms with Crippen LogP contribution in [0.4, 0.5) is 0 Å². The average molecular weight is 264 g/mol. The van der Waals surface area contributed by atoms with Gasteiger partial charge in [-0.15, -0.1) is 0 Å². The van der Waals surface area contributed by atoms with E-state index in [2.05, 4.69) is 0 Å². The lowest BCUT2D eigenvalue weighted by Crippen LogP contribution is -2.11. The van der Waals surface area contributed by atoms with E-state index in [-0.39, 0.29) is 0 Å². The third kappa shape index (κ3) is 2.94. The SMILES string of the molecule is CS(=O)(=O)OC(C=O)c1ccc2ccccc2c1. The lowest BCUT2D eigenvalue weighted by Gasteiger charge is -2.11. The minimum Gasteiger partial charge on any atom is -0.300 e. The summed E-state index contributed by atoms with van der Waals surface area (Å²) in [5, 5.41) is 1.95. The van der Waals surface area contributed by atoms with E-state index in [0.717, 1.165) is 17.0 Å². The normalized spacial score (nSPS) is 13.4. The van der Waals surface area contributed by atoms with Crippen LogP contribution in [-0.2, 0) is 19.1 Å². The molecule has 5 heteroatoms. The van der Waals surface area contributed by atoms with Gasteiger partial charge in [0.05, 0.1) is 6.26 Å². The third-order valence-corrected chi connectivity index (χ3v) is 3.06. The first-order valence-corrected chi connectivity index (χ1v) is 7.13. The Labute approximate surface area is 105 Å². The van der Waals surface area contributed by atoms with Crippen LogP contribution < -0.4 is 0 Å². The van der Waals surface area contributed by atoms with Gasteiger partial charge in [-0.3, -0.25) is 4.18 Å². The molecule has 0 aromatic heterocycles. The average Bonchev–Trinajstić information content (AvgIpc) is 2.34. The van der Waals surface area contributed by atoms with E-state index in [4.69, 9.17) is 4.18 Å². The summed E-state index contributed by atoms with van der Waals surface area (Å²) in [5.41, 5.74) is 0.522. The van der Waals surface area contributed by atoms with Crippen molar-refractivity contribution < 1.29 is 17.4 Å². The zero-order chi connectivity index (χ0) is 13.2. The van der Waals surface area contributed by atoms with E-state index in [9.17, 15) is 13.2 Å². The summed E-state index contributed by atoms with van der Waals surface area (Å²) in [6.07, 6.45) is 0.306. The smallest absolute Gasteiger partial charge is 0.265 e. The maximum atomic E-state index is 11.1. The Morgan fingerprint density at radius 1 is 1.11 bits per heavy atom. The Morgan fingerprint density at radius 3 is 2.39 bits per heavy atom. The van der Waals surface area contributed by atoms with E-state index in [1.807, 2.05) is 30.3 Å². The third-order valence-electron chi connectivity index (χ3n) is 2.50. The molecule has 1 unspecified atom stereocenters. The first-order valence-electron chi connectivity index (χ1n) is 5.32. The summed E-state index contributed by atoms with van der Waals surface area (Å²) >= 11 is 0. The minimum atomic E-state index is -3.67. The monoisotopic (exact) mass is 264 g/mol. The van der Waals surface area contributed by atoms with Crippen LogP contribution >= 0.6 is 0 Å². The van der Waals surface area contributed by atoms with Gasteiger partial charge in [-0.05, 0) is 22.4 Å². The number of rotatable bonds is 4. The fourth-order valence-corrected chi connectivity index (χ4v) is 2.26. The van der Waals surface area contributed by atoms with Gasteiger partial charge in [-0.2, -0.15) is 8.42 Å². The molecule has 4 nitrogen and oxygen atoms in total. The molecular weight excluding hydrogens is 252 g/mol. The maximum absolute atomic E-state index is 11.1. The molecule has 18 heavy (non-hydrogen) atoms. The van der Waals surface area contributed by atoms with Crippen LogP contribution in [0.5, 0.6) is 0 Å². The Balaban J connectivity index is 2.42. The van der Waals surface area contributed by atoms with E-state index in [1.54, 1.807) is 12.1 Å². The van der Waals surface area contributed by atoms with E-state index in [1.165, 1.54) is 0 Å². The van der Waals surface area contributed by atoms with E-state index in [0.29, 0.717) is 11.8 Å².